The topological polar surface area (TPSA) is 121 Å². The van der Waals surface area contributed by atoms with E-state index in [1.165, 1.54) is 53.6 Å². The van der Waals surface area contributed by atoms with E-state index < -0.39 is 47.8 Å². The molecule has 3 aromatic carbocycles. The summed E-state index contributed by atoms with van der Waals surface area (Å²) in [7, 11) is 1.55. The standard InChI is InChI=1S/C32H28ClF2N5O5/c1-18(39(2)31(43)37-17-20-6-5-9-25(35)28(20)33)10-13-27(40-29(41)23-7-3-4-8-24(23)30(40)42)45-32(44)38-26-15-21-14-22(34)12-11-19(21)16-36-26/h3-9,11-12,14-16,18,27H,10,13,17H2,1-2H3,(H,37,43)(H,36,38,44). The van der Waals surface area contributed by atoms with Gasteiger partial charge < -0.3 is 15.0 Å². The number of hydrogen-bond acceptors (Lipinski definition) is 6. The van der Waals surface area contributed by atoms with Crippen molar-refractivity contribution in [3.63, 3.8) is 0 Å². The molecule has 0 bridgehead atoms. The van der Waals surface area contributed by atoms with Crippen LogP contribution < -0.4 is 10.6 Å². The molecule has 10 nitrogen and oxygen atoms in total. The highest BCUT2D eigenvalue weighted by atomic mass is 35.5. The molecular formula is C32H28ClF2N5O5. The van der Waals surface area contributed by atoms with E-state index in [4.69, 9.17) is 16.3 Å². The van der Waals surface area contributed by atoms with Gasteiger partial charge in [-0.25, -0.2) is 28.3 Å². The number of carbonyl (C=O) groups is 4. The van der Waals surface area contributed by atoms with Gasteiger partial charge in [0, 0.05) is 37.6 Å². The van der Waals surface area contributed by atoms with Crippen LogP contribution >= 0.6 is 11.6 Å². The number of nitrogens with zero attached hydrogens (tertiary/aromatic N) is 3. The Hall–Kier alpha value is -5.10. The zero-order valence-electron chi connectivity index (χ0n) is 24.2. The van der Waals surface area contributed by atoms with Crippen LogP contribution in [0.3, 0.4) is 0 Å². The molecule has 1 aliphatic heterocycles. The number of hydrogen-bond donors (Lipinski definition) is 2. The van der Waals surface area contributed by atoms with Crippen molar-refractivity contribution in [1.29, 1.82) is 0 Å². The van der Waals surface area contributed by atoms with Crippen molar-refractivity contribution in [2.45, 2.75) is 38.6 Å². The van der Waals surface area contributed by atoms with Gasteiger partial charge in [-0.2, -0.15) is 0 Å². The molecule has 2 N–H and O–H groups in total. The first kappa shape index (κ1) is 31.3. The maximum Gasteiger partial charge on any atom is 0.414 e. The Morgan fingerprint density at radius 1 is 0.978 bits per heavy atom. The predicted molar refractivity (Wildman–Crippen MR) is 163 cm³/mol. The van der Waals surface area contributed by atoms with E-state index in [2.05, 4.69) is 15.6 Å². The Labute approximate surface area is 261 Å². The number of fused-ring (bicyclic) bond motifs is 2. The molecule has 5 rings (SSSR count). The summed E-state index contributed by atoms with van der Waals surface area (Å²) in [5.41, 5.74) is 0.757. The van der Waals surface area contributed by atoms with Gasteiger partial charge in [0.2, 0.25) is 0 Å². The molecule has 1 aliphatic rings. The molecule has 0 radical (unpaired) electrons. The minimum atomic E-state index is -1.33. The Morgan fingerprint density at radius 3 is 2.40 bits per heavy atom. The molecule has 0 spiro atoms. The van der Waals surface area contributed by atoms with Crippen LogP contribution in [0, 0.1) is 11.6 Å². The number of nitrogens with one attached hydrogen (secondary N) is 2. The molecular weight excluding hydrogens is 608 g/mol. The maximum atomic E-state index is 13.8. The third-order valence-corrected chi connectivity index (χ3v) is 7.97. The molecule has 4 aromatic rings. The number of urea groups is 1. The predicted octanol–water partition coefficient (Wildman–Crippen LogP) is 6.35. The first-order valence-corrected chi connectivity index (χ1v) is 14.3. The second-order valence-electron chi connectivity index (χ2n) is 10.5. The number of ether oxygens (including phenoxy) is 1. The SMILES string of the molecule is CC(CCC(OC(=O)Nc1cc2cc(F)ccc2cn1)N1C(=O)c2ccccc2C1=O)N(C)C(=O)NCc1cccc(F)c1Cl. The fourth-order valence-electron chi connectivity index (χ4n) is 4.91. The molecule has 232 valence electrons. The number of pyridine rings is 1. The summed E-state index contributed by atoms with van der Waals surface area (Å²) in [5.74, 6) is -2.24. The number of aromatic nitrogens is 1. The third-order valence-electron chi connectivity index (χ3n) is 7.54. The van der Waals surface area contributed by atoms with Crippen molar-refractivity contribution < 1.29 is 32.7 Å². The minimum absolute atomic E-state index is 0.0102. The number of imide groups is 1. The lowest BCUT2D eigenvalue weighted by atomic mass is 10.1. The van der Waals surface area contributed by atoms with Crippen molar-refractivity contribution in [2.75, 3.05) is 12.4 Å². The quantitative estimate of drug-likeness (QED) is 0.207. The summed E-state index contributed by atoms with van der Waals surface area (Å²) in [6.45, 7) is 1.73. The minimum Gasteiger partial charge on any atom is -0.425 e. The van der Waals surface area contributed by atoms with Gasteiger partial charge in [-0.15, -0.1) is 0 Å². The third kappa shape index (κ3) is 6.86. The van der Waals surface area contributed by atoms with E-state index in [0.717, 1.165) is 4.90 Å². The van der Waals surface area contributed by atoms with Crippen molar-refractivity contribution in [3.05, 3.63) is 106 Å². The zero-order chi connectivity index (χ0) is 32.2. The molecule has 0 saturated carbocycles. The normalized spacial score (nSPS) is 13.8. The van der Waals surface area contributed by atoms with Gasteiger partial charge in [0.25, 0.3) is 11.8 Å². The molecule has 45 heavy (non-hydrogen) atoms. The molecule has 5 amide bonds. The maximum absolute atomic E-state index is 13.8. The first-order chi connectivity index (χ1) is 21.5. The number of carbonyl (C=O) groups excluding carboxylic acids is 4. The zero-order valence-corrected chi connectivity index (χ0v) is 25.0. The average molecular weight is 636 g/mol. The number of amides is 5. The monoisotopic (exact) mass is 635 g/mol. The number of rotatable bonds is 9. The Bertz CT molecular complexity index is 1770. The molecule has 2 heterocycles. The van der Waals surface area contributed by atoms with E-state index in [9.17, 15) is 28.0 Å². The summed E-state index contributed by atoms with van der Waals surface area (Å²) in [6, 6.07) is 15.2. The number of halogens is 3. The second-order valence-corrected chi connectivity index (χ2v) is 10.9. The number of anilines is 1. The largest absolute Gasteiger partial charge is 0.425 e. The Balaban J connectivity index is 1.28. The Morgan fingerprint density at radius 2 is 1.69 bits per heavy atom. The summed E-state index contributed by atoms with van der Waals surface area (Å²) in [4.78, 5) is 58.8. The van der Waals surface area contributed by atoms with Crippen LogP contribution in [0.25, 0.3) is 10.8 Å². The van der Waals surface area contributed by atoms with Gasteiger partial charge in [0.1, 0.15) is 17.5 Å². The van der Waals surface area contributed by atoms with Crippen LogP contribution in [0.5, 0.6) is 0 Å². The van der Waals surface area contributed by atoms with E-state index in [0.29, 0.717) is 16.3 Å². The summed E-state index contributed by atoms with van der Waals surface area (Å²) in [6.07, 6.45) is -0.671. The van der Waals surface area contributed by atoms with Crippen molar-refractivity contribution in [2.24, 2.45) is 0 Å². The van der Waals surface area contributed by atoms with Crippen LogP contribution in [-0.2, 0) is 11.3 Å². The molecule has 2 atom stereocenters. The van der Waals surface area contributed by atoms with E-state index in [1.807, 2.05) is 0 Å². The molecule has 0 saturated heterocycles. The lowest BCUT2D eigenvalue weighted by molar-refractivity contribution is 0.000517. The van der Waals surface area contributed by atoms with Crippen LogP contribution in [-0.4, -0.2) is 58.0 Å². The Kier molecular flexibility index (Phi) is 9.24. The van der Waals surface area contributed by atoms with Crippen molar-refractivity contribution >= 4 is 52.1 Å². The molecule has 2 unspecified atom stereocenters. The van der Waals surface area contributed by atoms with Crippen LogP contribution in [0.2, 0.25) is 5.02 Å². The molecule has 0 aliphatic carbocycles. The van der Waals surface area contributed by atoms with Gasteiger partial charge in [-0.05, 0) is 66.8 Å². The van der Waals surface area contributed by atoms with Gasteiger partial charge in [0.05, 0.1) is 16.1 Å². The van der Waals surface area contributed by atoms with Crippen molar-refractivity contribution in [3.8, 4) is 0 Å². The highest BCUT2D eigenvalue weighted by Crippen LogP contribution is 2.28. The lowest BCUT2D eigenvalue weighted by Gasteiger charge is -2.30. The van der Waals surface area contributed by atoms with Crippen LogP contribution in [0.15, 0.2) is 72.9 Å². The van der Waals surface area contributed by atoms with Crippen LogP contribution in [0.4, 0.5) is 24.2 Å². The molecule has 1 aromatic heterocycles. The molecule has 0 fully saturated rings. The highest BCUT2D eigenvalue weighted by molar-refractivity contribution is 6.31. The summed E-state index contributed by atoms with van der Waals surface area (Å²) >= 11 is 5.98. The van der Waals surface area contributed by atoms with Gasteiger partial charge in [-0.3, -0.25) is 14.9 Å². The van der Waals surface area contributed by atoms with E-state index >= 15 is 0 Å². The fourth-order valence-corrected chi connectivity index (χ4v) is 5.10. The van der Waals surface area contributed by atoms with E-state index in [-0.39, 0.29) is 41.4 Å². The first-order valence-electron chi connectivity index (χ1n) is 14.0. The van der Waals surface area contributed by atoms with Gasteiger partial charge in [0.15, 0.2) is 6.23 Å². The number of benzene rings is 3. The van der Waals surface area contributed by atoms with Gasteiger partial charge >= 0.3 is 12.1 Å². The summed E-state index contributed by atoms with van der Waals surface area (Å²) in [5, 5.41) is 6.22. The smallest absolute Gasteiger partial charge is 0.414 e. The average Bonchev–Trinajstić information content (AvgIpc) is 3.28. The van der Waals surface area contributed by atoms with E-state index in [1.54, 1.807) is 38.2 Å². The van der Waals surface area contributed by atoms with Crippen LogP contribution in [0.1, 0.15) is 46.0 Å². The second kappa shape index (κ2) is 13.3. The fraction of sp³-hybridized carbons (Fsp3) is 0.219. The lowest BCUT2D eigenvalue weighted by Crippen LogP contribution is -2.46. The van der Waals surface area contributed by atoms with Crippen molar-refractivity contribution in [1.82, 2.24) is 20.1 Å². The summed E-state index contributed by atoms with van der Waals surface area (Å²) < 4.78 is 33.1. The highest BCUT2D eigenvalue weighted by Gasteiger charge is 2.41. The van der Waals surface area contributed by atoms with Gasteiger partial charge in [-0.1, -0.05) is 35.9 Å². The molecule has 13 heteroatoms.